The Morgan fingerprint density at radius 1 is 1.00 bits per heavy atom. The summed E-state index contributed by atoms with van der Waals surface area (Å²) in [5, 5.41) is 0. The van der Waals surface area contributed by atoms with Gasteiger partial charge in [-0.15, -0.1) is 11.3 Å². The van der Waals surface area contributed by atoms with Gasteiger partial charge in [0.25, 0.3) is 0 Å². The lowest BCUT2D eigenvalue weighted by Gasteiger charge is -2.26. The first-order valence-electron chi connectivity index (χ1n) is 9.70. The molecule has 2 N–H and O–H groups in total. The molecule has 0 spiro atoms. The number of alkyl halides is 4. The van der Waals surface area contributed by atoms with Crippen LogP contribution in [0.15, 0.2) is 59.1 Å². The number of sulfone groups is 1. The van der Waals surface area contributed by atoms with Gasteiger partial charge in [0.1, 0.15) is 4.87 Å². The molecule has 2 aromatic carbocycles. The molecule has 0 amide bonds. The zero-order valence-corrected chi connectivity index (χ0v) is 19.6. The predicted molar refractivity (Wildman–Crippen MR) is 120 cm³/mol. The van der Waals surface area contributed by atoms with E-state index in [1.165, 1.54) is 55.5 Å². The van der Waals surface area contributed by atoms with Crippen LogP contribution in [0.5, 0.6) is 11.5 Å². The molecular weight excluding hydrogens is 498 g/mol. The number of hydrogen-bond acceptors (Lipinski definition) is 8. The minimum atomic E-state index is -3.81. The summed E-state index contributed by atoms with van der Waals surface area (Å²) >= 11 is 1.34. The van der Waals surface area contributed by atoms with Gasteiger partial charge in [-0.05, 0) is 50.2 Å². The van der Waals surface area contributed by atoms with Crippen molar-refractivity contribution in [2.75, 3.05) is 4.90 Å². The molecule has 13 heteroatoms. The van der Waals surface area contributed by atoms with Crippen LogP contribution in [-0.4, -0.2) is 31.5 Å². The average Bonchev–Trinajstić information content (AvgIpc) is 3.25. The molecule has 0 aliphatic heterocycles. The van der Waals surface area contributed by atoms with Crippen molar-refractivity contribution in [2.24, 2.45) is 5.73 Å². The second-order valence-electron chi connectivity index (χ2n) is 7.54. The predicted octanol–water partition coefficient (Wildman–Crippen LogP) is 5.15. The highest BCUT2D eigenvalue weighted by atomic mass is 32.2. The Bertz CT molecular complexity index is 1200. The molecule has 34 heavy (non-hydrogen) atoms. The highest BCUT2D eigenvalue weighted by Crippen LogP contribution is 2.38. The normalized spacial score (nSPS) is 12.3. The topological polar surface area (TPSA) is 94.8 Å². The zero-order chi connectivity index (χ0) is 25.1. The lowest BCUT2D eigenvalue weighted by Crippen LogP contribution is -2.41. The van der Waals surface area contributed by atoms with Crippen LogP contribution in [0.2, 0.25) is 0 Å². The van der Waals surface area contributed by atoms with Crippen molar-refractivity contribution in [3.8, 4) is 11.5 Å². The maximum Gasteiger partial charge on any atom is 0.387 e. The summed E-state index contributed by atoms with van der Waals surface area (Å²) in [5.74, 6) is -1.13. The second-order valence-corrected chi connectivity index (χ2v) is 11.0. The highest BCUT2D eigenvalue weighted by Gasteiger charge is 2.31. The molecule has 0 saturated heterocycles. The number of anilines is 2. The third-order valence-corrected chi connectivity index (χ3v) is 7.66. The Kier molecular flexibility index (Phi) is 7.68. The third-order valence-electron chi connectivity index (χ3n) is 4.62. The number of nitrogens with zero attached hydrogens (tertiary/aromatic N) is 2. The van der Waals surface area contributed by atoms with E-state index in [9.17, 15) is 26.0 Å². The monoisotopic (exact) mass is 519 g/mol. The van der Waals surface area contributed by atoms with E-state index in [2.05, 4.69) is 14.5 Å². The number of nitrogens with two attached hydrogens (primary N) is 1. The summed E-state index contributed by atoms with van der Waals surface area (Å²) in [6.07, 6.45) is 1.61. The van der Waals surface area contributed by atoms with Crippen molar-refractivity contribution in [3.05, 3.63) is 59.0 Å². The molecule has 0 atom stereocenters. The molecule has 0 aliphatic carbocycles. The average molecular weight is 520 g/mol. The van der Waals surface area contributed by atoms with Crippen LogP contribution in [0, 0.1) is 0 Å². The summed E-state index contributed by atoms with van der Waals surface area (Å²) in [4.78, 5) is 4.96. The maximum atomic E-state index is 12.9. The van der Waals surface area contributed by atoms with Crippen LogP contribution >= 0.6 is 11.3 Å². The number of ether oxygens (including phenoxy) is 2. The molecule has 3 aromatic rings. The Balaban J connectivity index is 2.05. The second kappa shape index (κ2) is 10.2. The first-order valence-corrected chi connectivity index (χ1v) is 12.1. The molecule has 3 rings (SSSR count). The van der Waals surface area contributed by atoms with Crippen LogP contribution in [0.25, 0.3) is 0 Å². The Morgan fingerprint density at radius 3 is 2.12 bits per heavy atom. The fourth-order valence-corrected chi connectivity index (χ4v) is 4.65. The molecule has 0 saturated carbocycles. The van der Waals surface area contributed by atoms with E-state index < -0.39 is 39.4 Å². The fraction of sp³-hybridized carbons (Fsp3) is 0.286. The molecule has 0 bridgehead atoms. The molecule has 1 aromatic heterocycles. The molecule has 0 fully saturated rings. The molecule has 184 valence electrons. The van der Waals surface area contributed by atoms with Crippen molar-refractivity contribution in [3.63, 3.8) is 0 Å². The summed E-state index contributed by atoms with van der Waals surface area (Å²) in [6, 6.07) is 9.43. The lowest BCUT2D eigenvalue weighted by atomic mass is 10.2. The van der Waals surface area contributed by atoms with Crippen LogP contribution in [-0.2, 0) is 16.4 Å². The molecule has 1 heterocycles. The van der Waals surface area contributed by atoms with E-state index in [0.29, 0.717) is 11.4 Å². The van der Waals surface area contributed by atoms with E-state index in [1.807, 2.05) is 0 Å². The van der Waals surface area contributed by atoms with Crippen LogP contribution in [0.3, 0.4) is 0 Å². The smallest absolute Gasteiger partial charge is 0.387 e. The third kappa shape index (κ3) is 5.96. The van der Waals surface area contributed by atoms with Gasteiger partial charge in [0.2, 0.25) is 0 Å². The first kappa shape index (κ1) is 25.7. The van der Waals surface area contributed by atoms with Gasteiger partial charge in [0, 0.05) is 28.5 Å². The Morgan fingerprint density at radius 2 is 1.59 bits per heavy atom. The Labute approximate surface area is 197 Å². The Hall–Kier alpha value is -2.90. The summed E-state index contributed by atoms with van der Waals surface area (Å²) in [6.45, 7) is -3.53. The van der Waals surface area contributed by atoms with E-state index >= 15 is 0 Å². The summed E-state index contributed by atoms with van der Waals surface area (Å²) < 4.78 is 85.1. The van der Waals surface area contributed by atoms with Gasteiger partial charge < -0.3 is 20.1 Å². The fourth-order valence-electron chi connectivity index (χ4n) is 2.96. The van der Waals surface area contributed by atoms with Crippen LogP contribution < -0.4 is 20.1 Å². The zero-order valence-electron chi connectivity index (χ0n) is 18.0. The van der Waals surface area contributed by atoms with Gasteiger partial charge in [-0.2, -0.15) is 17.6 Å². The van der Waals surface area contributed by atoms with Gasteiger partial charge in [-0.1, -0.05) is 0 Å². The van der Waals surface area contributed by atoms with E-state index in [0.717, 1.165) is 17.0 Å². The van der Waals surface area contributed by atoms with E-state index in [-0.39, 0.29) is 11.4 Å². The van der Waals surface area contributed by atoms with Gasteiger partial charge in [-0.25, -0.2) is 8.42 Å². The van der Waals surface area contributed by atoms with Crippen molar-refractivity contribution < 1.29 is 35.5 Å². The molecule has 0 aliphatic rings. The largest absolute Gasteiger partial charge is 0.431 e. The number of hydrogen-bond donors (Lipinski definition) is 1. The van der Waals surface area contributed by atoms with Gasteiger partial charge in [0.05, 0.1) is 17.0 Å². The van der Waals surface area contributed by atoms with Gasteiger partial charge >= 0.3 is 13.2 Å². The quantitative estimate of drug-likeness (QED) is 0.370. The molecule has 0 radical (unpaired) electrons. The van der Waals surface area contributed by atoms with Crippen molar-refractivity contribution in [1.29, 1.82) is 0 Å². The minimum Gasteiger partial charge on any atom is -0.431 e. The highest BCUT2D eigenvalue weighted by molar-refractivity contribution is 7.92. The first-order chi connectivity index (χ1) is 15.9. The van der Waals surface area contributed by atoms with E-state index in [4.69, 9.17) is 5.73 Å². The van der Waals surface area contributed by atoms with Crippen molar-refractivity contribution in [1.82, 2.24) is 4.98 Å². The standard InChI is InChI=1S/C21H21F4N3O4S2/c1-21(2,26)34(29,30)16-6-3-13(4-7-16)28(11-15-10-27-12-33-15)14-5-8-17(31-19(22)23)18(9-14)32-20(24)25/h3-10,12,19-20H,11,26H2,1-2H3. The molecule has 7 nitrogen and oxygen atoms in total. The van der Waals surface area contributed by atoms with Gasteiger partial charge in [0.15, 0.2) is 21.3 Å². The number of halogens is 4. The summed E-state index contributed by atoms with van der Waals surface area (Å²) in [7, 11) is -3.81. The number of rotatable bonds is 10. The molecular formula is C21H21F4N3O4S2. The van der Waals surface area contributed by atoms with Gasteiger partial charge in [-0.3, -0.25) is 4.98 Å². The van der Waals surface area contributed by atoms with Crippen molar-refractivity contribution in [2.45, 2.75) is 43.4 Å². The van der Waals surface area contributed by atoms with Crippen molar-refractivity contribution >= 4 is 32.5 Å². The molecule has 0 unspecified atom stereocenters. The SMILES string of the molecule is CC(C)(N)S(=O)(=O)c1ccc(N(Cc2cncs2)c2ccc(OC(F)F)c(OC(F)F)c2)cc1. The lowest BCUT2D eigenvalue weighted by molar-refractivity contribution is -0.0692. The number of benzene rings is 2. The van der Waals surface area contributed by atoms with E-state index in [1.54, 1.807) is 16.6 Å². The number of aromatic nitrogens is 1. The maximum absolute atomic E-state index is 12.9. The van der Waals surface area contributed by atoms with Crippen LogP contribution in [0.4, 0.5) is 28.9 Å². The number of thiazole rings is 1. The van der Waals surface area contributed by atoms with Crippen LogP contribution in [0.1, 0.15) is 18.7 Å². The minimum absolute atomic E-state index is 0.00361. The summed E-state index contributed by atoms with van der Waals surface area (Å²) in [5.41, 5.74) is 8.19.